The van der Waals surface area contributed by atoms with Gasteiger partial charge in [-0.05, 0) is 122 Å². The second-order valence-electron chi connectivity index (χ2n) is 20.1. The Morgan fingerprint density at radius 1 is 0.372 bits per heavy atom. The molecule has 0 fully saturated rings. The monoisotopic (exact) mass is 1110 g/mol. The number of hydrogen-bond donors (Lipinski definition) is 2. The number of rotatable bonds is 56. The van der Waals surface area contributed by atoms with Crippen molar-refractivity contribution in [2.75, 3.05) is 26.4 Å². The van der Waals surface area contributed by atoms with Gasteiger partial charge in [0.25, 0.3) is 0 Å². The van der Waals surface area contributed by atoms with Crippen LogP contribution in [0.15, 0.2) is 109 Å². The van der Waals surface area contributed by atoms with Crippen molar-refractivity contribution in [3.05, 3.63) is 109 Å². The Morgan fingerprint density at radius 3 is 1.05 bits per heavy atom. The second-order valence-corrected chi connectivity index (χ2v) is 21.6. The van der Waals surface area contributed by atoms with E-state index < -0.39 is 57.8 Å². The topological polar surface area (TPSA) is 155 Å². The van der Waals surface area contributed by atoms with E-state index in [1.807, 2.05) is 0 Å². The molecule has 0 aliphatic heterocycles. The van der Waals surface area contributed by atoms with Crippen molar-refractivity contribution >= 4 is 25.7 Å². The van der Waals surface area contributed by atoms with E-state index in [1.54, 1.807) is 0 Å². The summed E-state index contributed by atoms with van der Waals surface area (Å²) in [6.07, 6.45) is 71.8. The zero-order valence-corrected chi connectivity index (χ0v) is 50.2. The van der Waals surface area contributed by atoms with Crippen LogP contribution in [-0.4, -0.2) is 66.5 Å². The maximum Gasteiger partial charge on any atom is 0.472 e. The number of hydrogen-bond acceptors (Lipinski definition) is 10. The van der Waals surface area contributed by atoms with Crippen LogP contribution < -0.4 is 0 Å². The van der Waals surface area contributed by atoms with Gasteiger partial charge in [0, 0.05) is 19.3 Å². The molecule has 0 saturated heterocycles. The summed E-state index contributed by atoms with van der Waals surface area (Å²) in [6, 6.07) is 0. The molecule has 3 atom stereocenters. The van der Waals surface area contributed by atoms with Crippen molar-refractivity contribution in [3.63, 3.8) is 0 Å². The number of ether oxygens (including phenoxy) is 3. The van der Waals surface area contributed by atoms with Crippen molar-refractivity contribution < 1.29 is 52.2 Å². The molecular weight excluding hydrogens is 1000 g/mol. The van der Waals surface area contributed by atoms with E-state index in [0.29, 0.717) is 19.3 Å². The highest BCUT2D eigenvalue weighted by Crippen LogP contribution is 2.43. The average Bonchev–Trinajstić information content (AvgIpc) is 3.43. The Kier molecular flexibility index (Phi) is 56.3. The molecule has 12 heteroatoms. The van der Waals surface area contributed by atoms with Crippen LogP contribution in [0.1, 0.15) is 252 Å². The molecule has 0 amide bonds. The predicted octanol–water partition coefficient (Wildman–Crippen LogP) is 18.6. The molecule has 0 heterocycles. The third-order valence-electron chi connectivity index (χ3n) is 12.7. The number of carbonyl (C=O) groups excluding carboxylic acids is 3. The van der Waals surface area contributed by atoms with Crippen molar-refractivity contribution in [3.8, 4) is 0 Å². The van der Waals surface area contributed by atoms with Crippen LogP contribution in [0.3, 0.4) is 0 Å². The molecule has 446 valence electrons. The van der Waals surface area contributed by atoms with Crippen LogP contribution in [-0.2, 0) is 42.2 Å². The fourth-order valence-electron chi connectivity index (χ4n) is 8.04. The zero-order valence-electron chi connectivity index (χ0n) is 49.3. The molecule has 3 unspecified atom stereocenters. The average molecular weight is 1110 g/mol. The first kappa shape index (κ1) is 74.1. The standard InChI is InChI=1S/C66H111O11P/c1-4-7-10-13-16-19-22-25-28-30-31-33-35-37-40-43-46-49-52-55-64(68)73-59-63(77-66(70)57-54-51-48-45-42-39-36-32-29-26-23-20-17-14-11-8-5-2)61-75-78(71,72)74-60-62(58-67)76-65(69)56-53-50-47-44-41-38-34-27-24-21-18-15-12-9-6-3/h7,9-10,12,16,18-19,21,25-29,31,33-34,37,40,62-63,67H,4-6,8,11,13-15,17,20,22-24,30,32,35-36,38-39,41-61H2,1-3H3,(H,71,72)/b10-7-,12-9-,19-16-,21-18-,28-25-,29-26-,33-31-,34-27-,40-37-. The van der Waals surface area contributed by atoms with Crippen LogP contribution in [0.5, 0.6) is 0 Å². The summed E-state index contributed by atoms with van der Waals surface area (Å²) < 4.78 is 39.6. The number of unbranched alkanes of at least 4 members (excludes halogenated alkanes) is 21. The lowest BCUT2D eigenvalue weighted by atomic mass is 10.1. The molecule has 0 aliphatic rings. The quantitative estimate of drug-likeness (QED) is 0.0197. The molecule has 0 aromatic carbocycles. The predicted molar refractivity (Wildman–Crippen MR) is 325 cm³/mol. The minimum absolute atomic E-state index is 0.149. The summed E-state index contributed by atoms with van der Waals surface area (Å²) in [7, 11) is -4.77. The molecule has 78 heavy (non-hydrogen) atoms. The number of allylic oxidation sites excluding steroid dienone is 18. The van der Waals surface area contributed by atoms with Gasteiger partial charge >= 0.3 is 25.7 Å². The van der Waals surface area contributed by atoms with Crippen molar-refractivity contribution in [1.29, 1.82) is 0 Å². The molecule has 0 rings (SSSR count). The first-order valence-electron chi connectivity index (χ1n) is 30.8. The SMILES string of the molecule is CC/C=C\C/C=C\C/C=C\C/C=C\C/C=C\CCCCCC(=O)OCC(COP(=O)(O)OCC(CO)OC(=O)CCCCCCC/C=C\C/C=C\C/C=C\CC)OC(=O)CCCCCCCCC/C=C\CCCCCCCC. The lowest BCUT2D eigenvalue weighted by molar-refractivity contribution is -0.161. The molecule has 0 saturated carbocycles. The normalized spacial score (nSPS) is 14.1. The minimum atomic E-state index is -4.77. The second kappa shape index (κ2) is 59.3. The smallest absolute Gasteiger partial charge is 0.462 e. The molecule has 0 aliphatic carbocycles. The summed E-state index contributed by atoms with van der Waals surface area (Å²) in [6.45, 7) is 4.36. The molecule has 0 aromatic rings. The van der Waals surface area contributed by atoms with Gasteiger partial charge in [-0.2, -0.15) is 0 Å². The fraction of sp³-hybridized carbons (Fsp3) is 0.682. The van der Waals surface area contributed by atoms with E-state index >= 15 is 0 Å². The Hall–Kier alpha value is -3.86. The largest absolute Gasteiger partial charge is 0.472 e. The number of phosphoric acid groups is 1. The molecule has 0 spiro atoms. The highest BCUT2D eigenvalue weighted by molar-refractivity contribution is 7.47. The Morgan fingerprint density at radius 2 is 0.667 bits per heavy atom. The molecule has 0 bridgehead atoms. The van der Waals surface area contributed by atoms with Crippen LogP contribution in [0.2, 0.25) is 0 Å². The lowest BCUT2D eigenvalue weighted by Crippen LogP contribution is -2.30. The number of aliphatic hydroxyl groups excluding tert-OH is 1. The van der Waals surface area contributed by atoms with Crippen LogP contribution in [0.25, 0.3) is 0 Å². The highest BCUT2D eigenvalue weighted by atomic mass is 31.2. The Labute approximate surface area is 475 Å². The van der Waals surface area contributed by atoms with Gasteiger partial charge in [-0.3, -0.25) is 23.4 Å². The summed E-state index contributed by atoms with van der Waals surface area (Å²) >= 11 is 0. The van der Waals surface area contributed by atoms with Gasteiger partial charge in [-0.25, -0.2) is 4.57 Å². The number of esters is 3. The number of aliphatic hydroxyl groups is 1. The third-order valence-corrected chi connectivity index (χ3v) is 13.6. The van der Waals surface area contributed by atoms with E-state index in [9.17, 15) is 28.9 Å². The minimum Gasteiger partial charge on any atom is -0.462 e. The van der Waals surface area contributed by atoms with Gasteiger partial charge in [0.05, 0.1) is 19.8 Å². The summed E-state index contributed by atoms with van der Waals surface area (Å²) in [5.41, 5.74) is 0. The van der Waals surface area contributed by atoms with E-state index in [0.717, 1.165) is 135 Å². The van der Waals surface area contributed by atoms with Crippen molar-refractivity contribution in [1.82, 2.24) is 0 Å². The number of carbonyl (C=O) groups is 3. The van der Waals surface area contributed by atoms with Gasteiger partial charge < -0.3 is 24.2 Å². The van der Waals surface area contributed by atoms with Crippen LogP contribution >= 0.6 is 7.82 Å². The van der Waals surface area contributed by atoms with Gasteiger partial charge in [-0.1, -0.05) is 220 Å². The van der Waals surface area contributed by atoms with E-state index in [1.165, 1.54) is 57.8 Å². The molecule has 0 aromatic heterocycles. The number of phosphoric ester groups is 1. The highest BCUT2D eigenvalue weighted by Gasteiger charge is 2.28. The van der Waals surface area contributed by atoms with Gasteiger partial charge in [0.2, 0.25) is 0 Å². The third kappa shape index (κ3) is 56.8. The molecule has 11 nitrogen and oxygen atoms in total. The summed E-state index contributed by atoms with van der Waals surface area (Å²) in [5.74, 6) is -1.53. The lowest BCUT2D eigenvalue weighted by Gasteiger charge is -2.21. The van der Waals surface area contributed by atoms with Crippen LogP contribution in [0.4, 0.5) is 0 Å². The first-order valence-corrected chi connectivity index (χ1v) is 32.3. The molecular formula is C66H111O11P. The van der Waals surface area contributed by atoms with Crippen molar-refractivity contribution in [2.45, 2.75) is 264 Å². The fourth-order valence-corrected chi connectivity index (χ4v) is 8.82. The van der Waals surface area contributed by atoms with Gasteiger partial charge in [0.1, 0.15) is 12.7 Å². The van der Waals surface area contributed by atoms with E-state index in [-0.39, 0.29) is 25.9 Å². The van der Waals surface area contributed by atoms with E-state index in [4.69, 9.17) is 23.3 Å². The maximum atomic E-state index is 12.9. The van der Waals surface area contributed by atoms with Gasteiger partial charge in [0.15, 0.2) is 6.10 Å². The molecule has 2 N–H and O–H groups in total. The zero-order chi connectivity index (χ0) is 56.9. The summed E-state index contributed by atoms with van der Waals surface area (Å²) in [4.78, 5) is 48.7. The van der Waals surface area contributed by atoms with Crippen molar-refractivity contribution in [2.24, 2.45) is 0 Å². The van der Waals surface area contributed by atoms with Gasteiger partial charge in [-0.15, -0.1) is 0 Å². The van der Waals surface area contributed by atoms with Crippen LogP contribution in [0, 0.1) is 0 Å². The molecule has 0 radical (unpaired) electrons. The van der Waals surface area contributed by atoms with E-state index in [2.05, 4.69) is 130 Å². The first-order chi connectivity index (χ1) is 38.2. The Balaban J connectivity index is 4.80. The Bertz CT molecular complexity index is 1720. The summed E-state index contributed by atoms with van der Waals surface area (Å²) in [5, 5.41) is 9.83. The maximum absolute atomic E-state index is 12.9.